The van der Waals surface area contributed by atoms with Crippen molar-refractivity contribution in [1.82, 2.24) is 10.6 Å². The number of aliphatic hydroxyl groups is 1. The van der Waals surface area contributed by atoms with Gasteiger partial charge < -0.3 is 36.1 Å². The van der Waals surface area contributed by atoms with Crippen molar-refractivity contribution in [1.29, 1.82) is 0 Å². The molecule has 0 radical (unpaired) electrons. The molecule has 0 aromatic heterocycles. The highest BCUT2D eigenvalue weighted by Crippen LogP contribution is 2.25. The molecule has 0 aliphatic heterocycles. The number of unbranched alkanes of at least 4 members (excludes halogenated alkanes) is 2. The second-order valence-electron chi connectivity index (χ2n) is 11.5. The van der Waals surface area contributed by atoms with E-state index in [0.29, 0.717) is 39.1 Å². The molecule has 0 bridgehead atoms. The number of hydrogen-bond acceptors (Lipinski definition) is 7. The summed E-state index contributed by atoms with van der Waals surface area (Å²) < 4.78 is 10.8. The van der Waals surface area contributed by atoms with Crippen LogP contribution in [0.15, 0.2) is 18.2 Å². The summed E-state index contributed by atoms with van der Waals surface area (Å²) in [6.07, 6.45) is 3.24. The van der Waals surface area contributed by atoms with Gasteiger partial charge in [-0.25, -0.2) is 4.79 Å². The minimum absolute atomic E-state index is 0.0313. The van der Waals surface area contributed by atoms with Crippen LogP contribution in [0, 0.1) is 23.7 Å². The van der Waals surface area contributed by atoms with E-state index in [-0.39, 0.29) is 58.8 Å². The number of carboxylic acid groups (broad SMARTS) is 1. The van der Waals surface area contributed by atoms with Crippen molar-refractivity contribution in [3.8, 4) is 5.75 Å². The zero-order valence-electron chi connectivity index (χ0n) is 25.8. The van der Waals surface area contributed by atoms with Crippen molar-refractivity contribution < 1.29 is 34.1 Å². The maximum absolute atomic E-state index is 13.1. The zero-order valence-corrected chi connectivity index (χ0v) is 25.8. The van der Waals surface area contributed by atoms with Gasteiger partial charge in [-0.2, -0.15) is 0 Å². The maximum atomic E-state index is 13.1. The number of aromatic carboxylic acids is 1. The summed E-state index contributed by atoms with van der Waals surface area (Å²) in [6.45, 7) is 11.9. The van der Waals surface area contributed by atoms with Gasteiger partial charge in [-0.05, 0) is 68.1 Å². The molecule has 234 valence electrons. The first-order valence-electron chi connectivity index (χ1n) is 14.9. The van der Waals surface area contributed by atoms with Crippen LogP contribution in [0.2, 0.25) is 0 Å². The number of aliphatic hydroxyl groups excluding tert-OH is 1. The number of amides is 2. The lowest BCUT2D eigenvalue weighted by molar-refractivity contribution is -0.127. The number of nitrogens with two attached hydrogens (primary N) is 1. The summed E-state index contributed by atoms with van der Waals surface area (Å²) in [4.78, 5) is 37.3. The largest absolute Gasteiger partial charge is 0.493 e. The number of nitrogens with one attached hydrogen (secondary N) is 2. The lowest BCUT2D eigenvalue weighted by atomic mass is 9.83. The topological polar surface area (TPSA) is 160 Å². The quantitative estimate of drug-likeness (QED) is 0.137. The molecule has 41 heavy (non-hydrogen) atoms. The average molecular weight is 580 g/mol. The first-order chi connectivity index (χ1) is 19.4. The molecule has 0 aliphatic carbocycles. The number of carboxylic acids is 1. The fourth-order valence-corrected chi connectivity index (χ4v) is 4.55. The second kappa shape index (κ2) is 19.4. The van der Waals surface area contributed by atoms with Crippen molar-refractivity contribution in [3.63, 3.8) is 0 Å². The third-order valence-electron chi connectivity index (χ3n) is 7.48. The lowest BCUT2D eigenvalue weighted by Gasteiger charge is -2.30. The first-order valence-corrected chi connectivity index (χ1v) is 14.9. The lowest BCUT2D eigenvalue weighted by Crippen LogP contribution is -2.44. The SMILES string of the molecule is CCCCNC(=O)[C@@H](C[C@H](O)[C@@H](N)C[C@H](CNC(=O)c1ccc(C(=O)O)cc1OCCCCOC)C(C)C)C(C)C. The van der Waals surface area contributed by atoms with E-state index in [9.17, 15) is 24.6 Å². The molecule has 1 rings (SSSR count). The normalized spacial score (nSPS) is 14.4. The van der Waals surface area contributed by atoms with Crippen molar-refractivity contribution in [3.05, 3.63) is 29.3 Å². The smallest absolute Gasteiger partial charge is 0.335 e. The van der Waals surface area contributed by atoms with Gasteiger partial charge in [0.1, 0.15) is 5.75 Å². The fourth-order valence-electron chi connectivity index (χ4n) is 4.55. The van der Waals surface area contributed by atoms with Crippen LogP contribution in [0.25, 0.3) is 0 Å². The van der Waals surface area contributed by atoms with Gasteiger partial charge in [-0.15, -0.1) is 0 Å². The summed E-state index contributed by atoms with van der Waals surface area (Å²) in [5.41, 5.74) is 6.71. The van der Waals surface area contributed by atoms with E-state index in [1.54, 1.807) is 7.11 Å². The van der Waals surface area contributed by atoms with Gasteiger partial charge in [0.2, 0.25) is 5.91 Å². The van der Waals surface area contributed by atoms with Crippen LogP contribution >= 0.6 is 0 Å². The van der Waals surface area contributed by atoms with Gasteiger partial charge in [-0.1, -0.05) is 41.0 Å². The van der Waals surface area contributed by atoms with Gasteiger partial charge in [-0.3, -0.25) is 9.59 Å². The Morgan fingerprint density at radius 2 is 1.66 bits per heavy atom. The van der Waals surface area contributed by atoms with E-state index in [0.717, 1.165) is 19.3 Å². The molecule has 4 atom stereocenters. The zero-order chi connectivity index (χ0) is 30.9. The molecule has 0 aliphatic rings. The average Bonchev–Trinajstić information content (AvgIpc) is 2.92. The Hall–Kier alpha value is -2.69. The highest BCUT2D eigenvalue weighted by atomic mass is 16.5. The first kappa shape index (κ1) is 36.3. The van der Waals surface area contributed by atoms with Crippen LogP contribution in [0.5, 0.6) is 5.75 Å². The Morgan fingerprint density at radius 1 is 0.976 bits per heavy atom. The van der Waals surface area contributed by atoms with Crippen LogP contribution in [0.3, 0.4) is 0 Å². The van der Waals surface area contributed by atoms with E-state index in [1.807, 2.05) is 27.7 Å². The molecule has 0 saturated carbocycles. The fraction of sp³-hybridized carbons (Fsp3) is 0.710. The maximum Gasteiger partial charge on any atom is 0.335 e. The molecule has 10 heteroatoms. The highest BCUT2D eigenvalue weighted by Gasteiger charge is 2.30. The highest BCUT2D eigenvalue weighted by molar-refractivity contribution is 5.98. The molecule has 0 unspecified atom stereocenters. The van der Waals surface area contributed by atoms with Crippen molar-refractivity contribution >= 4 is 17.8 Å². The number of benzene rings is 1. The van der Waals surface area contributed by atoms with Gasteiger partial charge in [0.15, 0.2) is 0 Å². The van der Waals surface area contributed by atoms with E-state index in [2.05, 4.69) is 17.6 Å². The molecular weight excluding hydrogens is 526 g/mol. The predicted molar refractivity (Wildman–Crippen MR) is 160 cm³/mol. The Kier molecular flexibility index (Phi) is 17.2. The number of carbonyl (C=O) groups is 3. The number of methoxy groups -OCH3 is 1. The van der Waals surface area contributed by atoms with E-state index >= 15 is 0 Å². The molecule has 0 heterocycles. The molecule has 0 fully saturated rings. The number of carbonyl (C=O) groups excluding carboxylic acids is 2. The Bertz CT molecular complexity index is 938. The molecular formula is C31H53N3O7. The van der Waals surface area contributed by atoms with Crippen LogP contribution in [0.1, 0.15) is 93.9 Å². The standard InChI is InChI=1S/C31H53N3O7/c1-7-8-13-33-30(37)25(21(4)5)18-27(35)26(32)16-23(20(2)3)19-34-29(36)24-12-11-22(31(38)39)17-28(24)41-15-10-9-14-40-6/h11-12,17,20-21,23,25-27,35H,7-10,13-16,18-19,32H2,1-6H3,(H,33,37)(H,34,36)(H,38,39)/t23-,25+,26+,27+/m1/s1. The summed E-state index contributed by atoms with van der Waals surface area (Å²) in [5, 5.41) is 26.2. The second-order valence-corrected chi connectivity index (χ2v) is 11.5. The van der Waals surface area contributed by atoms with Gasteiger partial charge >= 0.3 is 5.97 Å². The molecule has 1 aromatic rings. The summed E-state index contributed by atoms with van der Waals surface area (Å²) >= 11 is 0. The Labute approximate surface area is 245 Å². The molecule has 0 spiro atoms. The number of ether oxygens (including phenoxy) is 2. The van der Waals surface area contributed by atoms with Crippen molar-refractivity contribution in [2.24, 2.45) is 29.4 Å². The van der Waals surface area contributed by atoms with Crippen LogP contribution in [-0.4, -0.2) is 73.6 Å². The van der Waals surface area contributed by atoms with Crippen LogP contribution in [0.4, 0.5) is 0 Å². The summed E-state index contributed by atoms with van der Waals surface area (Å²) in [5.74, 6) is -1.48. The van der Waals surface area contributed by atoms with Crippen molar-refractivity contribution in [2.45, 2.75) is 85.3 Å². The van der Waals surface area contributed by atoms with E-state index in [1.165, 1.54) is 18.2 Å². The molecule has 6 N–H and O–H groups in total. The predicted octanol–water partition coefficient (Wildman–Crippen LogP) is 3.85. The Balaban J connectivity index is 2.85. The molecule has 1 aromatic carbocycles. The van der Waals surface area contributed by atoms with Crippen LogP contribution < -0.4 is 21.1 Å². The van der Waals surface area contributed by atoms with Crippen LogP contribution in [-0.2, 0) is 9.53 Å². The van der Waals surface area contributed by atoms with Gasteiger partial charge in [0.25, 0.3) is 5.91 Å². The third-order valence-corrected chi connectivity index (χ3v) is 7.48. The minimum atomic E-state index is -1.10. The van der Waals surface area contributed by atoms with E-state index < -0.39 is 18.1 Å². The molecule has 2 amide bonds. The minimum Gasteiger partial charge on any atom is -0.493 e. The van der Waals surface area contributed by atoms with Gasteiger partial charge in [0.05, 0.1) is 23.8 Å². The summed E-state index contributed by atoms with van der Waals surface area (Å²) in [6, 6.07) is 3.64. The molecule has 0 saturated heterocycles. The number of rotatable bonds is 21. The van der Waals surface area contributed by atoms with Gasteiger partial charge in [0, 0.05) is 38.8 Å². The molecule has 10 nitrogen and oxygen atoms in total. The van der Waals surface area contributed by atoms with E-state index in [4.69, 9.17) is 15.2 Å². The third kappa shape index (κ3) is 13.2. The van der Waals surface area contributed by atoms with Crippen molar-refractivity contribution in [2.75, 3.05) is 33.4 Å². The monoisotopic (exact) mass is 579 g/mol. The number of hydrogen-bond donors (Lipinski definition) is 5. The summed E-state index contributed by atoms with van der Waals surface area (Å²) in [7, 11) is 1.62. The Morgan fingerprint density at radius 3 is 2.24 bits per heavy atom.